The van der Waals surface area contributed by atoms with Crippen LogP contribution in [0.3, 0.4) is 0 Å². The van der Waals surface area contributed by atoms with Crippen LogP contribution in [0, 0.1) is 58.3 Å². The number of hydrogen-bond acceptors (Lipinski definition) is 6. The van der Waals surface area contributed by atoms with E-state index in [1.807, 2.05) is 12.1 Å². The molecule has 2 aromatic heterocycles. The van der Waals surface area contributed by atoms with Crippen molar-refractivity contribution in [2.24, 2.45) is 40.9 Å². The molecule has 7 heteroatoms. The molecule has 0 amide bonds. The van der Waals surface area contributed by atoms with Crippen molar-refractivity contribution in [2.75, 3.05) is 0 Å². The minimum absolute atomic E-state index is 0. The first-order valence-electron chi connectivity index (χ1n) is 20.7. The van der Waals surface area contributed by atoms with E-state index in [9.17, 15) is 15.2 Å². The van der Waals surface area contributed by atoms with Gasteiger partial charge in [0.2, 0.25) is 0 Å². The summed E-state index contributed by atoms with van der Waals surface area (Å²) in [6.07, 6.45) is 8.27. The summed E-state index contributed by atoms with van der Waals surface area (Å²) in [5.41, 5.74) is 6.64. The molecule has 0 unspecified atom stereocenters. The summed E-state index contributed by atoms with van der Waals surface area (Å²) in [5.74, 6) is 2.27. The molecule has 0 saturated heterocycles. The first kappa shape index (κ1) is 46.3. The van der Waals surface area contributed by atoms with Gasteiger partial charge in [-0.15, -0.1) is 40.5 Å². The number of hydrogen-bond donors (Lipinski definition) is 1. The van der Waals surface area contributed by atoms with E-state index in [1.54, 1.807) is 17.7 Å². The van der Waals surface area contributed by atoms with Crippen molar-refractivity contribution in [3.05, 3.63) is 83.4 Å². The number of nitrogens with zero attached hydrogens (tertiary/aromatic N) is 3. The summed E-state index contributed by atoms with van der Waals surface area (Å²) in [5, 5.41) is 23.1. The number of fused-ring (bicyclic) bond motifs is 4. The van der Waals surface area contributed by atoms with Gasteiger partial charge in [0.15, 0.2) is 5.78 Å². The van der Waals surface area contributed by atoms with Gasteiger partial charge in [-0.1, -0.05) is 125 Å². The van der Waals surface area contributed by atoms with Gasteiger partial charge in [0, 0.05) is 64.1 Å². The van der Waals surface area contributed by atoms with E-state index in [0.717, 1.165) is 32.2 Å². The van der Waals surface area contributed by atoms with Crippen LogP contribution in [0.5, 0.6) is 0 Å². The van der Waals surface area contributed by atoms with E-state index in [2.05, 4.69) is 132 Å². The number of carbonyl (C=O) groups is 1. The number of carbonyl (C=O) groups excluding carboxylic acids is 1. The first-order chi connectivity index (χ1) is 26.2. The molecule has 3 aromatic carbocycles. The number of thiophene rings is 1. The molecule has 1 radical (unpaired) electrons. The molecule has 5 nitrogen and oxygen atoms in total. The summed E-state index contributed by atoms with van der Waals surface area (Å²) < 4.78 is 2.38. The fraction of sp³-hybridized carbons (Fsp3) is 0.520. The molecule has 0 bridgehead atoms. The molecular weight excluding hydrogens is 899 g/mol. The molecule has 1 N–H and O–H groups in total. The van der Waals surface area contributed by atoms with Gasteiger partial charge in [-0.25, -0.2) is 4.98 Å². The molecule has 1 aliphatic rings. The van der Waals surface area contributed by atoms with Crippen LogP contribution in [0.4, 0.5) is 0 Å². The number of rotatable bonds is 9. The van der Waals surface area contributed by atoms with Gasteiger partial charge in [-0.05, 0) is 77.7 Å². The van der Waals surface area contributed by atoms with Gasteiger partial charge in [-0.3, -0.25) is 9.78 Å². The van der Waals surface area contributed by atoms with Gasteiger partial charge in [0.25, 0.3) is 0 Å². The van der Waals surface area contributed by atoms with Gasteiger partial charge in [0.05, 0.1) is 17.3 Å². The van der Waals surface area contributed by atoms with Crippen LogP contribution in [-0.4, -0.2) is 20.9 Å². The number of allylic oxidation sites excluding steroid dienone is 2. The van der Waals surface area contributed by atoms with E-state index in [4.69, 9.17) is 9.97 Å². The number of aromatic nitrogens is 2. The van der Waals surface area contributed by atoms with Gasteiger partial charge in [0.1, 0.15) is 6.33 Å². The second-order valence-corrected chi connectivity index (χ2v) is 20.5. The van der Waals surface area contributed by atoms with Crippen LogP contribution in [0.25, 0.3) is 42.3 Å². The summed E-state index contributed by atoms with van der Waals surface area (Å²) in [6, 6.07) is 21.0. The Morgan fingerprint density at radius 1 is 0.895 bits per heavy atom. The zero-order valence-corrected chi connectivity index (χ0v) is 39.7. The van der Waals surface area contributed by atoms with Crippen molar-refractivity contribution >= 4 is 48.2 Å². The third-order valence-electron chi connectivity index (χ3n) is 12.0. The fourth-order valence-electron chi connectivity index (χ4n) is 9.09. The van der Waals surface area contributed by atoms with E-state index in [-0.39, 0.29) is 48.9 Å². The number of ketones is 1. The van der Waals surface area contributed by atoms with E-state index >= 15 is 0 Å². The molecule has 0 atom stereocenters. The largest absolute Gasteiger partial charge is 0.512 e. The maximum absolute atomic E-state index is 12.3. The van der Waals surface area contributed by atoms with Crippen LogP contribution in [-0.2, 0) is 30.3 Å². The molecule has 57 heavy (non-hydrogen) atoms. The quantitative estimate of drug-likeness (QED) is 0.0903. The van der Waals surface area contributed by atoms with Crippen molar-refractivity contribution in [3.8, 4) is 17.3 Å². The summed E-state index contributed by atoms with van der Waals surface area (Å²) in [4.78, 5) is 21.8. The van der Waals surface area contributed by atoms with Gasteiger partial charge in [-0.2, -0.15) is 5.26 Å². The average molecular weight is 963 g/mol. The first-order valence-corrected chi connectivity index (χ1v) is 21.6. The predicted molar refractivity (Wildman–Crippen MR) is 237 cm³/mol. The van der Waals surface area contributed by atoms with Crippen molar-refractivity contribution < 1.29 is 30.0 Å². The van der Waals surface area contributed by atoms with E-state index in [1.165, 1.54) is 53.0 Å². The van der Waals surface area contributed by atoms with Crippen LogP contribution in [0.2, 0.25) is 0 Å². The molecule has 2 heterocycles. The van der Waals surface area contributed by atoms with Crippen molar-refractivity contribution in [3.63, 3.8) is 0 Å². The summed E-state index contributed by atoms with van der Waals surface area (Å²) in [6.45, 7) is 28.1. The Balaban J connectivity index is 0.000000309. The fourth-order valence-corrected chi connectivity index (χ4v) is 10.3. The zero-order chi connectivity index (χ0) is 41.3. The molecule has 1 aliphatic carbocycles. The van der Waals surface area contributed by atoms with E-state index in [0.29, 0.717) is 40.6 Å². The number of nitriles is 1. The van der Waals surface area contributed by atoms with E-state index < -0.39 is 0 Å². The number of benzene rings is 3. The standard InChI is InChI=1S/C33H32N3S.C17H32O2.Ir/c1-32(2,3)27-16-24(15-23-14-20(18-34)6-8-25(23)27)29-31-30(36-19-35-29)26-9-7-22(17-28(26)37-31)21-10-12-33(4,5)13-11-21;1-10(2)16(11(3)4)14(18)9-15(19)17(12(5)6)13(7)8;/h6-9,14,16-17,19,21H,10-13H2,1-5H3;9-13,16-18H,1-8H3;/q-1;;/b;14-9-;. The van der Waals surface area contributed by atoms with Crippen molar-refractivity contribution in [1.82, 2.24) is 9.97 Å². The maximum Gasteiger partial charge on any atom is 0.162 e. The third-order valence-corrected chi connectivity index (χ3v) is 13.1. The normalized spacial score (nSPS) is 15.2. The zero-order valence-electron chi connectivity index (χ0n) is 36.5. The summed E-state index contributed by atoms with van der Waals surface area (Å²) in [7, 11) is 0. The number of aliphatic hydroxyl groups is 1. The molecule has 0 aliphatic heterocycles. The second-order valence-electron chi connectivity index (χ2n) is 19.4. The Labute approximate surface area is 360 Å². The predicted octanol–water partition coefficient (Wildman–Crippen LogP) is 14.2. The molecule has 5 aromatic rings. The molecular formula is C50H64IrN3O2S-. The molecule has 1 fully saturated rings. The smallest absolute Gasteiger partial charge is 0.162 e. The topological polar surface area (TPSA) is 86.9 Å². The number of aliphatic hydroxyl groups excluding tert-OH is 1. The van der Waals surface area contributed by atoms with Crippen molar-refractivity contribution in [1.29, 1.82) is 5.26 Å². The van der Waals surface area contributed by atoms with Crippen molar-refractivity contribution in [2.45, 2.75) is 127 Å². The summed E-state index contributed by atoms with van der Waals surface area (Å²) >= 11 is 1.79. The Morgan fingerprint density at radius 3 is 2.05 bits per heavy atom. The third kappa shape index (κ3) is 10.6. The van der Waals surface area contributed by atoms with Gasteiger partial charge < -0.3 is 5.11 Å². The van der Waals surface area contributed by atoms with Gasteiger partial charge >= 0.3 is 0 Å². The van der Waals surface area contributed by atoms with Crippen LogP contribution in [0.15, 0.2) is 60.6 Å². The Morgan fingerprint density at radius 2 is 1.49 bits per heavy atom. The minimum atomic E-state index is -0.0635. The van der Waals surface area contributed by atoms with Crippen LogP contribution < -0.4 is 0 Å². The molecule has 307 valence electrons. The Kier molecular flexibility index (Phi) is 15.1. The minimum Gasteiger partial charge on any atom is -0.512 e. The van der Waals surface area contributed by atoms with Crippen LogP contribution in [0.1, 0.15) is 138 Å². The Bertz CT molecular complexity index is 2240. The average Bonchev–Trinajstić information content (AvgIpc) is 3.48. The second kappa shape index (κ2) is 18.7. The molecule has 6 rings (SSSR count). The molecule has 0 spiro atoms. The monoisotopic (exact) mass is 963 g/mol. The Hall–Kier alpha value is -3.43. The SMILES string of the molecule is CC(C)C(C(=O)/C=C(\O)C(C(C)C)C(C)C)C(C)C.CC1(C)CCC(c2ccc3c(c2)sc2c(-c4[c-]c5cc(C#N)ccc5c(C(C)(C)C)c4)ncnc23)CC1.[Ir]. The molecule has 1 saturated carbocycles. The van der Waals surface area contributed by atoms with Crippen LogP contribution >= 0.6 is 11.3 Å². The maximum atomic E-state index is 12.3.